The molecule has 3 heteroatoms. The molecule has 1 aliphatic rings. The van der Waals surface area contributed by atoms with Gasteiger partial charge in [-0.1, -0.05) is 36.4 Å². The highest BCUT2D eigenvalue weighted by Crippen LogP contribution is 2.33. The number of hydrogen-bond acceptors (Lipinski definition) is 1. The fourth-order valence-electron chi connectivity index (χ4n) is 3.21. The van der Waals surface area contributed by atoms with Gasteiger partial charge < -0.3 is 5.32 Å². The predicted molar refractivity (Wildman–Crippen MR) is 85.0 cm³/mol. The number of amides is 1. The van der Waals surface area contributed by atoms with Gasteiger partial charge in [-0.15, -0.1) is 0 Å². The Labute approximate surface area is 130 Å². The first-order valence-corrected chi connectivity index (χ1v) is 7.81. The molecule has 0 fully saturated rings. The summed E-state index contributed by atoms with van der Waals surface area (Å²) >= 11 is 0. The number of halogens is 1. The molecule has 2 aromatic rings. The first-order valence-electron chi connectivity index (χ1n) is 7.81. The third-order valence-corrected chi connectivity index (χ3v) is 4.30. The molecule has 1 atom stereocenters. The molecule has 114 valence electrons. The third kappa shape index (κ3) is 3.53. The summed E-state index contributed by atoms with van der Waals surface area (Å²) in [7, 11) is 0. The Morgan fingerprint density at radius 2 is 2.05 bits per heavy atom. The van der Waals surface area contributed by atoms with Gasteiger partial charge in [0.15, 0.2) is 0 Å². The lowest BCUT2D eigenvalue weighted by molar-refractivity contribution is -0.121. The lowest BCUT2D eigenvalue weighted by Gasteiger charge is -2.25. The van der Waals surface area contributed by atoms with Crippen LogP contribution in [-0.4, -0.2) is 5.91 Å². The second kappa shape index (κ2) is 6.73. The summed E-state index contributed by atoms with van der Waals surface area (Å²) in [6.07, 6.45) is 3.81. The molecule has 1 unspecified atom stereocenters. The van der Waals surface area contributed by atoms with E-state index >= 15 is 0 Å². The van der Waals surface area contributed by atoms with E-state index in [1.54, 1.807) is 6.07 Å². The zero-order chi connectivity index (χ0) is 15.4. The normalized spacial score (nSPS) is 16.9. The number of benzene rings is 2. The monoisotopic (exact) mass is 297 g/mol. The lowest BCUT2D eigenvalue weighted by Crippen LogP contribution is -2.25. The van der Waals surface area contributed by atoms with Crippen LogP contribution in [0.3, 0.4) is 0 Å². The first kappa shape index (κ1) is 14.8. The van der Waals surface area contributed by atoms with Crippen molar-refractivity contribution in [3.8, 4) is 0 Å². The molecule has 22 heavy (non-hydrogen) atoms. The second-order valence-electron chi connectivity index (χ2n) is 5.90. The number of nitrogens with one attached hydrogen (secondary N) is 1. The van der Waals surface area contributed by atoms with Gasteiger partial charge in [0, 0.05) is 13.0 Å². The van der Waals surface area contributed by atoms with Crippen molar-refractivity contribution in [1.29, 1.82) is 0 Å². The summed E-state index contributed by atoms with van der Waals surface area (Å²) in [4.78, 5) is 12.2. The molecule has 1 N–H and O–H groups in total. The molecule has 0 spiro atoms. The predicted octanol–water partition coefficient (Wildman–Crippen LogP) is 3.95. The molecule has 2 aromatic carbocycles. The summed E-state index contributed by atoms with van der Waals surface area (Å²) in [6, 6.07) is 14.7. The van der Waals surface area contributed by atoms with Gasteiger partial charge in [-0.05, 0) is 54.0 Å². The van der Waals surface area contributed by atoms with Crippen molar-refractivity contribution < 1.29 is 9.18 Å². The Kier molecular flexibility index (Phi) is 4.52. The minimum atomic E-state index is -0.270. The van der Waals surface area contributed by atoms with Crippen molar-refractivity contribution in [1.82, 2.24) is 5.32 Å². The number of rotatable bonds is 4. The van der Waals surface area contributed by atoms with Gasteiger partial charge in [-0.25, -0.2) is 4.39 Å². The maximum Gasteiger partial charge on any atom is 0.220 e. The Morgan fingerprint density at radius 3 is 2.91 bits per heavy atom. The van der Waals surface area contributed by atoms with Gasteiger partial charge in [0.25, 0.3) is 0 Å². The molecule has 1 aliphatic carbocycles. The van der Waals surface area contributed by atoms with Crippen LogP contribution in [0.15, 0.2) is 48.5 Å². The van der Waals surface area contributed by atoms with Crippen LogP contribution < -0.4 is 5.32 Å². The second-order valence-corrected chi connectivity index (χ2v) is 5.90. The summed E-state index contributed by atoms with van der Waals surface area (Å²) in [5.74, 6) is 0.0661. The van der Waals surface area contributed by atoms with E-state index in [0.717, 1.165) is 24.8 Å². The fourth-order valence-corrected chi connectivity index (χ4v) is 3.21. The van der Waals surface area contributed by atoms with Crippen molar-refractivity contribution in [3.63, 3.8) is 0 Å². The number of hydrogen-bond donors (Lipinski definition) is 1. The number of fused-ring (bicyclic) bond motifs is 1. The lowest BCUT2D eigenvalue weighted by atomic mass is 9.81. The summed E-state index contributed by atoms with van der Waals surface area (Å²) in [5.41, 5.74) is 3.48. The summed E-state index contributed by atoms with van der Waals surface area (Å²) < 4.78 is 13.1. The zero-order valence-electron chi connectivity index (χ0n) is 12.5. The molecule has 0 aromatic heterocycles. The quantitative estimate of drug-likeness (QED) is 0.909. The largest absolute Gasteiger partial charge is 0.352 e. The van der Waals surface area contributed by atoms with E-state index < -0.39 is 0 Å². The fraction of sp³-hybridized carbons (Fsp3) is 0.316. The van der Waals surface area contributed by atoms with Crippen LogP contribution in [0.1, 0.15) is 41.9 Å². The molecule has 0 radical (unpaired) electrons. The Balaban J connectivity index is 1.59. The van der Waals surface area contributed by atoms with E-state index in [-0.39, 0.29) is 11.7 Å². The molecule has 3 rings (SSSR count). The van der Waals surface area contributed by atoms with Crippen molar-refractivity contribution in [3.05, 3.63) is 71.0 Å². The zero-order valence-corrected chi connectivity index (χ0v) is 12.5. The van der Waals surface area contributed by atoms with Gasteiger partial charge in [0.05, 0.1) is 0 Å². The Bertz CT molecular complexity index is 668. The van der Waals surface area contributed by atoms with Crippen LogP contribution in [0.2, 0.25) is 0 Å². The van der Waals surface area contributed by atoms with Crippen LogP contribution in [0.4, 0.5) is 4.39 Å². The van der Waals surface area contributed by atoms with E-state index in [4.69, 9.17) is 0 Å². The van der Waals surface area contributed by atoms with Crippen LogP contribution in [0, 0.1) is 5.82 Å². The number of aryl methyl sites for hydroxylation is 1. The van der Waals surface area contributed by atoms with Crippen LogP contribution in [0.5, 0.6) is 0 Å². The van der Waals surface area contributed by atoms with Crippen molar-refractivity contribution >= 4 is 5.91 Å². The molecule has 1 amide bonds. The van der Waals surface area contributed by atoms with Crippen LogP contribution in [0.25, 0.3) is 0 Å². The molecule has 0 saturated carbocycles. The smallest absolute Gasteiger partial charge is 0.220 e. The Hall–Kier alpha value is -2.16. The minimum Gasteiger partial charge on any atom is -0.352 e. The van der Waals surface area contributed by atoms with Gasteiger partial charge in [0.2, 0.25) is 5.91 Å². The Morgan fingerprint density at radius 1 is 1.18 bits per heavy atom. The van der Waals surface area contributed by atoms with E-state index in [9.17, 15) is 9.18 Å². The summed E-state index contributed by atoms with van der Waals surface area (Å²) in [5, 5.41) is 2.90. The molecular formula is C19H20FNO. The van der Waals surface area contributed by atoms with Crippen molar-refractivity contribution in [2.24, 2.45) is 0 Å². The molecular weight excluding hydrogens is 277 g/mol. The molecule has 2 nitrogen and oxygen atoms in total. The van der Waals surface area contributed by atoms with Gasteiger partial charge >= 0.3 is 0 Å². The van der Waals surface area contributed by atoms with Gasteiger partial charge in [-0.2, -0.15) is 0 Å². The van der Waals surface area contributed by atoms with E-state index in [1.165, 1.54) is 23.3 Å². The molecule has 0 bridgehead atoms. The molecule has 0 aliphatic heterocycles. The summed E-state index contributed by atoms with van der Waals surface area (Å²) in [6.45, 7) is 0.380. The van der Waals surface area contributed by atoms with Crippen LogP contribution >= 0.6 is 0 Å². The molecule has 0 heterocycles. The highest BCUT2D eigenvalue weighted by atomic mass is 19.1. The maximum atomic E-state index is 13.1. The highest BCUT2D eigenvalue weighted by Gasteiger charge is 2.22. The topological polar surface area (TPSA) is 29.1 Å². The molecule has 0 saturated heterocycles. The standard InChI is InChI=1S/C19H20FNO/c20-17-9-3-5-14(11-17)13-21-19(22)12-16-8-4-7-15-6-1-2-10-18(15)16/h1-3,5-6,9-11,16H,4,7-8,12-13H2,(H,21,22). The first-order chi connectivity index (χ1) is 10.7. The maximum absolute atomic E-state index is 13.1. The number of carbonyl (C=O) groups is 1. The van der Waals surface area contributed by atoms with Crippen molar-refractivity contribution in [2.45, 2.75) is 38.1 Å². The van der Waals surface area contributed by atoms with Crippen LogP contribution in [-0.2, 0) is 17.8 Å². The van der Waals surface area contributed by atoms with Gasteiger partial charge in [0.1, 0.15) is 5.82 Å². The SMILES string of the molecule is O=C(CC1CCCc2ccccc21)NCc1cccc(F)c1. The highest BCUT2D eigenvalue weighted by molar-refractivity contribution is 5.77. The van der Waals surface area contributed by atoms with E-state index in [2.05, 4.69) is 23.5 Å². The average molecular weight is 297 g/mol. The third-order valence-electron chi connectivity index (χ3n) is 4.30. The average Bonchev–Trinajstić information content (AvgIpc) is 2.53. The van der Waals surface area contributed by atoms with Crippen molar-refractivity contribution in [2.75, 3.05) is 0 Å². The van der Waals surface area contributed by atoms with E-state index in [0.29, 0.717) is 18.9 Å². The van der Waals surface area contributed by atoms with E-state index in [1.807, 2.05) is 12.1 Å². The number of carbonyl (C=O) groups excluding carboxylic acids is 1. The minimum absolute atomic E-state index is 0.0333. The van der Waals surface area contributed by atoms with Gasteiger partial charge in [-0.3, -0.25) is 4.79 Å².